The van der Waals surface area contributed by atoms with E-state index < -0.39 is 11.9 Å². The molecule has 4 rings (SSSR count). The van der Waals surface area contributed by atoms with Crippen molar-refractivity contribution in [1.29, 1.82) is 0 Å². The molecule has 112 valence electrons. The summed E-state index contributed by atoms with van der Waals surface area (Å²) in [6, 6.07) is 0. The van der Waals surface area contributed by atoms with Crippen LogP contribution in [0.15, 0.2) is 12.2 Å². The van der Waals surface area contributed by atoms with Crippen LogP contribution in [-0.2, 0) is 9.47 Å². The first kappa shape index (κ1) is 13.3. The molecule has 2 bridgehead atoms. The minimum atomic E-state index is -1.04. The van der Waals surface area contributed by atoms with Crippen LogP contribution in [0.4, 0.5) is 0 Å². The Hall–Kier alpha value is -0.420. The molecule has 2 aliphatic carbocycles. The summed E-state index contributed by atoms with van der Waals surface area (Å²) in [6.07, 6.45) is 6.79. The van der Waals surface area contributed by atoms with Gasteiger partial charge in [-0.3, -0.25) is 0 Å². The van der Waals surface area contributed by atoms with E-state index in [9.17, 15) is 10.2 Å². The summed E-state index contributed by atoms with van der Waals surface area (Å²) in [5.41, 5.74) is -0.538. The van der Waals surface area contributed by atoms with Crippen LogP contribution in [0.1, 0.15) is 33.1 Å². The minimum Gasteiger partial charge on any atom is -0.393 e. The Labute approximate surface area is 119 Å². The van der Waals surface area contributed by atoms with Crippen molar-refractivity contribution in [3.63, 3.8) is 0 Å². The van der Waals surface area contributed by atoms with Gasteiger partial charge in [-0.25, -0.2) is 0 Å². The lowest BCUT2D eigenvalue weighted by atomic mass is 9.54. The fraction of sp³-hybridized carbons (Fsp3) is 0.875. The molecule has 0 aromatic heterocycles. The Morgan fingerprint density at radius 1 is 1.40 bits per heavy atom. The Bertz CT molecular complexity index is 463. The maximum Gasteiger partial charge on any atom is 0.204 e. The maximum absolute atomic E-state index is 10.4. The van der Waals surface area contributed by atoms with E-state index in [1.54, 1.807) is 0 Å². The molecular weight excluding hydrogens is 256 g/mol. The van der Waals surface area contributed by atoms with Crippen LogP contribution >= 0.6 is 0 Å². The molecule has 7 atom stereocenters. The van der Waals surface area contributed by atoms with Crippen LogP contribution < -0.4 is 0 Å². The van der Waals surface area contributed by atoms with E-state index in [0.717, 1.165) is 12.8 Å². The van der Waals surface area contributed by atoms with Crippen LogP contribution in [0.3, 0.4) is 0 Å². The van der Waals surface area contributed by atoms with Gasteiger partial charge in [0.05, 0.1) is 18.8 Å². The smallest absolute Gasteiger partial charge is 0.204 e. The molecule has 2 saturated heterocycles. The van der Waals surface area contributed by atoms with Crippen LogP contribution in [0.25, 0.3) is 0 Å². The van der Waals surface area contributed by atoms with E-state index in [4.69, 9.17) is 9.47 Å². The number of hydrogen-bond acceptors (Lipinski definition) is 4. The zero-order valence-electron chi connectivity index (χ0n) is 12.2. The second-order valence-electron chi connectivity index (χ2n) is 7.42. The second kappa shape index (κ2) is 3.86. The Morgan fingerprint density at radius 3 is 2.95 bits per heavy atom. The van der Waals surface area contributed by atoms with E-state index in [0.29, 0.717) is 18.4 Å². The molecule has 0 aromatic carbocycles. The van der Waals surface area contributed by atoms with E-state index in [1.807, 2.05) is 0 Å². The third-order valence-corrected chi connectivity index (χ3v) is 6.49. The lowest BCUT2D eigenvalue weighted by Crippen LogP contribution is -2.55. The van der Waals surface area contributed by atoms with Gasteiger partial charge in [-0.2, -0.15) is 0 Å². The summed E-state index contributed by atoms with van der Waals surface area (Å²) in [5.74, 6) is 0.241. The van der Waals surface area contributed by atoms with Gasteiger partial charge in [0.2, 0.25) is 5.79 Å². The quantitative estimate of drug-likeness (QED) is 0.752. The lowest BCUT2D eigenvalue weighted by Gasteiger charge is -2.47. The normalized spacial score (nSPS) is 57.7. The monoisotopic (exact) mass is 280 g/mol. The molecule has 4 aliphatic rings. The summed E-state index contributed by atoms with van der Waals surface area (Å²) in [4.78, 5) is 0. The molecule has 0 aromatic rings. The van der Waals surface area contributed by atoms with Crippen molar-refractivity contribution < 1.29 is 19.7 Å². The highest BCUT2D eigenvalue weighted by Gasteiger charge is 2.77. The number of rotatable bonds is 2. The van der Waals surface area contributed by atoms with Crippen LogP contribution in [0.2, 0.25) is 0 Å². The molecule has 2 heterocycles. The first-order chi connectivity index (χ1) is 9.48. The fourth-order valence-electron chi connectivity index (χ4n) is 5.52. The molecule has 2 N–H and O–H groups in total. The highest BCUT2D eigenvalue weighted by atomic mass is 16.7. The molecule has 4 nitrogen and oxygen atoms in total. The summed E-state index contributed by atoms with van der Waals surface area (Å²) in [6.45, 7) is 4.71. The first-order valence-electron chi connectivity index (χ1n) is 7.81. The van der Waals surface area contributed by atoms with Crippen LogP contribution in [0.5, 0.6) is 0 Å². The maximum atomic E-state index is 10.4. The molecule has 4 heteroatoms. The highest BCUT2D eigenvalue weighted by molar-refractivity contribution is 5.30. The Morgan fingerprint density at radius 2 is 2.20 bits per heavy atom. The van der Waals surface area contributed by atoms with Crippen molar-refractivity contribution in [1.82, 2.24) is 0 Å². The summed E-state index contributed by atoms with van der Waals surface area (Å²) in [7, 11) is 0. The third-order valence-electron chi connectivity index (χ3n) is 6.49. The first-order valence-corrected chi connectivity index (χ1v) is 7.81. The van der Waals surface area contributed by atoms with Gasteiger partial charge in [0.15, 0.2) is 0 Å². The van der Waals surface area contributed by atoms with Gasteiger partial charge in [0.1, 0.15) is 6.10 Å². The number of ether oxygens (including phenoxy) is 2. The van der Waals surface area contributed by atoms with E-state index >= 15 is 0 Å². The zero-order valence-corrected chi connectivity index (χ0v) is 12.2. The molecule has 0 unspecified atom stereocenters. The van der Waals surface area contributed by atoms with Crippen molar-refractivity contribution in [2.24, 2.45) is 23.2 Å². The summed E-state index contributed by atoms with van der Waals surface area (Å²) >= 11 is 0. The third kappa shape index (κ3) is 1.23. The van der Waals surface area contributed by atoms with Crippen molar-refractivity contribution in [2.45, 2.75) is 50.6 Å². The molecule has 3 fully saturated rings. The van der Waals surface area contributed by atoms with Gasteiger partial charge in [0, 0.05) is 17.3 Å². The average Bonchev–Trinajstić information content (AvgIpc) is 2.77. The van der Waals surface area contributed by atoms with Crippen molar-refractivity contribution >= 4 is 0 Å². The average molecular weight is 280 g/mol. The van der Waals surface area contributed by atoms with E-state index in [1.165, 1.54) is 6.42 Å². The zero-order chi connectivity index (χ0) is 14.2. The SMILES string of the molecule is C[C@H]1CC[C@@H]2[C@]3(C)[C@@H]4C=C[C@@]2(C1)O[C@@]3([C@@H](O)CO)OC4. The second-order valence-corrected chi connectivity index (χ2v) is 7.42. The highest BCUT2D eigenvalue weighted by Crippen LogP contribution is 2.70. The lowest BCUT2D eigenvalue weighted by molar-refractivity contribution is -0.295. The molecule has 0 radical (unpaired) electrons. The van der Waals surface area contributed by atoms with Gasteiger partial charge in [-0.1, -0.05) is 32.4 Å². The molecule has 20 heavy (non-hydrogen) atoms. The van der Waals surface area contributed by atoms with Crippen LogP contribution in [0, 0.1) is 23.2 Å². The van der Waals surface area contributed by atoms with Crippen molar-refractivity contribution in [3.05, 3.63) is 12.2 Å². The van der Waals surface area contributed by atoms with Gasteiger partial charge in [-0.15, -0.1) is 0 Å². The Balaban J connectivity index is 1.87. The predicted molar refractivity (Wildman–Crippen MR) is 72.8 cm³/mol. The van der Waals surface area contributed by atoms with Crippen molar-refractivity contribution in [3.8, 4) is 0 Å². The van der Waals surface area contributed by atoms with E-state index in [-0.39, 0.29) is 23.5 Å². The van der Waals surface area contributed by atoms with Gasteiger partial charge < -0.3 is 19.7 Å². The number of hydrogen-bond donors (Lipinski definition) is 2. The molecule has 0 spiro atoms. The molecule has 0 amide bonds. The summed E-state index contributed by atoms with van der Waals surface area (Å²) < 4.78 is 12.5. The summed E-state index contributed by atoms with van der Waals surface area (Å²) in [5, 5.41) is 19.9. The largest absolute Gasteiger partial charge is 0.393 e. The minimum absolute atomic E-state index is 0.232. The van der Waals surface area contributed by atoms with Gasteiger partial charge in [-0.05, 0) is 18.8 Å². The predicted octanol–water partition coefficient (Wildman–Crippen LogP) is 1.46. The van der Waals surface area contributed by atoms with Crippen molar-refractivity contribution in [2.75, 3.05) is 13.2 Å². The van der Waals surface area contributed by atoms with Gasteiger partial charge in [0.25, 0.3) is 0 Å². The molecule has 2 aliphatic heterocycles. The number of aliphatic hydroxyl groups is 2. The fourth-order valence-corrected chi connectivity index (χ4v) is 5.52. The topological polar surface area (TPSA) is 58.9 Å². The van der Waals surface area contributed by atoms with Crippen LogP contribution in [-0.4, -0.2) is 40.9 Å². The standard InChI is InChI=1S/C16H24O4/c1-10-3-4-12-14(2)11-5-6-15(12,7-10)20-16(14,19-9-11)13(18)8-17/h5-6,10-13,17-18H,3-4,7-9H2,1-2H3/t10-,11+,12+,13-,14-,15-,16+/m0/s1. The molecular formula is C16H24O4. The van der Waals surface area contributed by atoms with Gasteiger partial charge >= 0.3 is 0 Å². The Kier molecular flexibility index (Phi) is 2.56. The molecule has 1 saturated carbocycles. The number of aliphatic hydroxyl groups excluding tert-OH is 2. The van der Waals surface area contributed by atoms with E-state index in [2.05, 4.69) is 26.0 Å².